The number of carbonyl (C=O) groups is 2. The maximum absolute atomic E-state index is 13.7. The summed E-state index contributed by atoms with van der Waals surface area (Å²) in [5, 5.41) is 22.3. The Morgan fingerprint density at radius 3 is 2.40 bits per heavy atom. The van der Waals surface area contributed by atoms with Crippen molar-refractivity contribution in [3.8, 4) is 0 Å². The van der Waals surface area contributed by atoms with Gasteiger partial charge in [0.25, 0.3) is 0 Å². The summed E-state index contributed by atoms with van der Waals surface area (Å²) in [6.45, 7) is 12.9. The third-order valence-corrected chi connectivity index (χ3v) is 12.6. The molecule has 10 atom stereocenters. The van der Waals surface area contributed by atoms with Crippen molar-refractivity contribution in [2.24, 2.45) is 38.9 Å². The van der Waals surface area contributed by atoms with E-state index < -0.39 is 39.1 Å². The Hall–Kier alpha value is -1.66. The van der Waals surface area contributed by atoms with Gasteiger partial charge in [-0.2, -0.15) is 0 Å². The smallest absolute Gasteiger partial charge is 0.313 e. The van der Waals surface area contributed by atoms with Crippen LogP contribution in [0, 0.1) is 38.9 Å². The minimum Gasteiger partial charge on any atom is -0.504 e. The van der Waals surface area contributed by atoms with Crippen LogP contribution in [0.2, 0.25) is 0 Å². The Bertz CT molecular complexity index is 1170. The molecule has 2 N–H and O–H groups in total. The fraction of sp³-hybridized carbons (Fsp3) is 0.793. The molecular formula is C29H38O6. The first-order chi connectivity index (χ1) is 16.2. The SMILES string of the molecule is CC1=C2[C@H](O)C[C@]3(C)[C@H]([C@@H]4O[C@@H]4[C@]45OC(=O)[C@@]6(CCC(C)(C)C[C@H]64)CC[C@]53C)[C@@]2(C)C=C(O)C1=O. The number of rotatable bonds is 0. The number of fused-ring (bicyclic) bond motifs is 6. The molecule has 0 amide bonds. The van der Waals surface area contributed by atoms with E-state index in [1.54, 1.807) is 13.0 Å². The number of aliphatic hydroxyl groups is 2. The van der Waals surface area contributed by atoms with E-state index in [2.05, 4.69) is 34.6 Å². The molecule has 2 saturated heterocycles. The molecule has 0 aromatic carbocycles. The molecule has 0 aromatic heterocycles. The Labute approximate surface area is 207 Å². The average Bonchev–Trinajstić information content (AvgIpc) is 3.50. The normalized spacial score (nSPS) is 57.2. The number of aliphatic hydroxyl groups excluding tert-OH is 2. The molecule has 2 heterocycles. The van der Waals surface area contributed by atoms with E-state index >= 15 is 0 Å². The molecule has 2 bridgehead atoms. The maximum Gasteiger partial charge on any atom is 0.313 e. The molecule has 1 spiro atoms. The van der Waals surface area contributed by atoms with Crippen LogP contribution in [-0.4, -0.2) is 45.9 Å². The second-order valence-electron chi connectivity index (χ2n) is 14.4. The molecule has 35 heavy (non-hydrogen) atoms. The van der Waals surface area contributed by atoms with Gasteiger partial charge in [0, 0.05) is 28.2 Å². The van der Waals surface area contributed by atoms with E-state index in [4.69, 9.17) is 9.47 Å². The Kier molecular flexibility index (Phi) is 3.80. The summed E-state index contributed by atoms with van der Waals surface area (Å²) in [5.41, 5.74) is -1.32. The zero-order chi connectivity index (χ0) is 25.1. The Morgan fingerprint density at radius 2 is 1.69 bits per heavy atom. The Morgan fingerprint density at radius 1 is 1.00 bits per heavy atom. The number of Topliss-reactive ketones (excluding diaryl/α,β-unsaturated/α-hetero) is 1. The van der Waals surface area contributed by atoms with Crippen molar-refractivity contribution >= 4 is 11.8 Å². The lowest BCUT2D eigenvalue weighted by molar-refractivity contribution is -0.249. The monoisotopic (exact) mass is 482 g/mol. The van der Waals surface area contributed by atoms with Crippen LogP contribution in [0.15, 0.2) is 23.0 Å². The van der Waals surface area contributed by atoms with Crippen LogP contribution in [0.1, 0.15) is 80.1 Å². The predicted octanol–water partition coefficient (Wildman–Crippen LogP) is 4.41. The second kappa shape index (κ2) is 5.91. The van der Waals surface area contributed by atoms with E-state index in [1.165, 1.54) is 0 Å². The van der Waals surface area contributed by atoms with Crippen LogP contribution >= 0.6 is 0 Å². The maximum atomic E-state index is 13.7. The first-order valence-corrected chi connectivity index (χ1v) is 13.4. The average molecular weight is 483 g/mol. The number of hydrogen-bond donors (Lipinski definition) is 2. The summed E-state index contributed by atoms with van der Waals surface area (Å²) in [6.07, 6.45) is 5.57. The number of ketones is 1. The number of hydrogen-bond acceptors (Lipinski definition) is 6. The van der Waals surface area contributed by atoms with Gasteiger partial charge in [0.2, 0.25) is 5.78 Å². The van der Waals surface area contributed by atoms with Gasteiger partial charge in [-0.15, -0.1) is 0 Å². The standard InChI is InChI=1S/C29H38O6/c1-14-18-15(30)12-26(5)21(25(18,4)11-16(31)19(14)32)20-22(34-20)29-17-13-24(2,3)7-9-28(17,23(33)35-29)10-8-27(26,29)6/h11,15,17,20-22,30-31H,7-10,12-13H2,1-6H3/t15-,17-,20+,21-,22+,25+,26-,27+,28+,29-/m1/s1. The zero-order valence-corrected chi connectivity index (χ0v) is 21.7. The number of allylic oxidation sites excluding steroid dienone is 2. The fourth-order valence-electron chi connectivity index (χ4n) is 10.9. The lowest BCUT2D eigenvalue weighted by Crippen LogP contribution is -2.74. The van der Waals surface area contributed by atoms with Gasteiger partial charge in [-0.1, -0.05) is 34.6 Å². The van der Waals surface area contributed by atoms with Gasteiger partial charge in [0.1, 0.15) is 6.10 Å². The molecular weight excluding hydrogens is 444 g/mol. The lowest BCUT2D eigenvalue weighted by Gasteiger charge is -2.70. The topological polar surface area (TPSA) is 96.4 Å². The van der Waals surface area contributed by atoms with Gasteiger partial charge in [-0.3, -0.25) is 9.59 Å². The van der Waals surface area contributed by atoms with Crippen LogP contribution < -0.4 is 0 Å². The van der Waals surface area contributed by atoms with Crippen LogP contribution in [0.3, 0.4) is 0 Å². The number of epoxide rings is 1. The molecule has 7 aliphatic rings. The molecule has 0 unspecified atom stereocenters. The van der Waals surface area contributed by atoms with Crippen molar-refractivity contribution in [1.29, 1.82) is 0 Å². The first kappa shape index (κ1) is 22.5. The molecule has 2 aliphatic heterocycles. The zero-order valence-electron chi connectivity index (χ0n) is 21.7. The molecule has 4 saturated carbocycles. The largest absolute Gasteiger partial charge is 0.504 e. The molecule has 0 aromatic rings. The highest BCUT2D eigenvalue weighted by atomic mass is 16.6. The summed E-state index contributed by atoms with van der Waals surface area (Å²) >= 11 is 0. The number of carbonyl (C=O) groups excluding carboxylic acids is 2. The van der Waals surface area contributed by atoms with Gasteiger partial charge in [0.15, 0.2) is 11.4 Å². The highest BCUT2D eigenvalue weighted by molar-refractivity contribution is 6.08. The molecule has 6 nitrogen and oxygen atoms in total. The molecule has 5 aliphatic carbocycles. The molecule has 7 rings (SSSR count). The minimum atomic E-state index is -0.801. The fourth-order valence-corrected chi connectivity index (χ4v) is 10.9. The van der Waals surface area contributed by atoms with E-state index in [-0.39, 0.29) is 41.2 Å². The lowest BCUT2D eigenvalue weighted by atomic mass is 9.32. The van der Waals surface area contributed by atoms with Crippen LogP contribution in [0.4, 0.5) is 0 Å². The van der Waals surface area contributed by atoms with Gasteiger partial charge in [0.05, 0.1) is 17.6 Å². The van der Waals surface area contributed by atoms with Crippen molar-refractivity contribution in [3.63, 3.8) is 0 Å². The van der Waals surface area contributed by atoms with Gasteiger partial charge in [-0.25, -0.2) is 0 Å². The minimum absolute atomic E-state index is 0.0298. The molecule has 6 heteroatoms. The van der Waals surface area contributed by atoms with Crippen molar-refractivity contribution in [1.82, 2.24) is 0 Å². The number of ether oxygens (including phenoxy) is 2. The van der Waals surface area contributed by atoms with E-state index in [1.807, 2.05) is 0 Å². The van der Waals surface area contributed by atoms with Crippen LogP contribution in [-0.2, 0) is 19.1 Å². The second-order valence-corrected chi connectivity index (χ2v) is 14.4. The summed E-state index contributed by atoms with van der Waals surface area (Å²) in [5.74, 6) is -0.598. The Balaban J connectivity index is 1.44. The summed E-state index contributed by atoms with van der Waals surface area (Å²) in [6, 6.07) is 0. The van der Waals surface area contributed by atoms with Crippen molar-refractivity contribution in [3.05, 3.63) is 23.0 Å². The first-order valence-electron chi connectivity index (χ1n) is 13.4. The van der Waals surface area contributed by atoms with E-state index in [0.29, 0.717) is 12.0 Å². The highest BCUT2D eigenvalue weighted by Crippen LogP contribution is 2.82. The summed E-state index contributed by atoms with van der Waals surface area (Å²) in [4.78, 5) is 26.4. The molecule has 190 valence electrons. The summed E-state index contributed by atoms with van der Waals surface area (Å²) < 4.78 is 13.3. The van der Waals surface area contributed by atoms with Gasteiger partial charge >= 0.3 is 5.97 Å². The third-order valence-electron chi connectivity index (χ3n) is 12.6. The van der Waals surface area contributed by atoms with Crippen molar-refractivity contribution in [2.75, 3.05) is 0 Å². The summed E-state index contributed by atoms with van der Waals surface area (Å²) in [7, 11) is 0. The van der Waals surface area contributed by atoms with E-state index in [0.717, 1.165) is 37.7 Å². The molecule has 0 radical (unpaired) electrons. The van der Waals surface area contributed by atoms with Crippen LogP contribution in [0.5, 0.6) is 0 Å². The predicted molar refractivity (Wildman–Crippen MR) is 127 cm³/mol. The molecule has 6 fully saturated rings. The van der Waals surface area contributed by atoms with Gasteiger partial charge < -0.3 is 19.7 Å². The highest BCUT2D eigenvalue weighted by Gasteiger charge is 2.89. The third kappa shape index (κ3) is 2.13. The van der Waals surface area contributed by atoms with Crippen molar-refractivity contribution < 1.29 is 29.3 Å². The van der Waals surface area contributed by atoms with Gasteiger partial charge in [-0.05, 0) is 67.9 Å². The number of esters is 1. The quantitative estimate of drug-likeness (QED) is 0.392. The van der Waals surface area contributed by atoms with Crippen molar-refractivity contribution in [2.45, 2.75) is 104 Å². The van der Waals surface area contributed by atoms with Crippen LogP contribution in [0.25, 0.3) is 0 Å². The van der Waals surface area contributed by atoms with E-state index in [9.17, 15) is 19.8 Å².